The van der Waals surface area contributed by atoms with E-state index in [2.05, 4.69) is 11.6 Å². The summed E-state index contributed by atoms with van der Waals surface area (Å²) in [5.74, 6) is 0.0402. The van der Waals surface area contributed by atoms with Gasteiger partial charge in [0.1, 0.15) is 0 Å². The van der Waals surface area contributed by atoms with Crippen LogP contribution in [0.15, 0.2) is 83.8 Å². The van der Waals surface area contributed by atoms with Gasteiger partial charge in [-0.1, -0.05) is 67.9 Å². The predicted octanol–water partition coefficient (Wildman–Crippen LogP) is 5.09. The average Bonchev–Trinajstić information content (AvgIpc) is 2.84. The molecule has 3 aromatic carbocycles. The third-order valence-corrected chi connectivity index (χ3v) is 6.81. The Kier molecular flexibility index (Phi) is 8.20. The van der Waals surface area contributed by atoms with E-state index in [4.69, 9.17) is 0 Å². The van der Waals surface area contributed by atoms with Crippen LogP contribution in [-0.4, -0.2) is 32.3 Å². The van der Waals surface area contributed by atoms with Gasteiger partial charge >= 0.3 is 0 Å². The van der Waals surface area contributed by atoms with Crippen molar-refractivity contribution in [2.45, 2.75) is 38.1 Å². The Morgan fingerprint density at radius 1 is 0.844 bits per heavy atom. The molecule has 0 unspecified atom stereocenters. The maximum Gasteiger partial charge on any atom is 0.253 e. The summed E-state index contributed by atoms with van der Waals surface area (Å²) in [4.78, 5) is 14.8. The molecule has 6 heteroatoms. The van der Waals surface area contributed by atoms with Gasteiger partial charge in [0.25, 0.3) is 5.91 Å². The molecule has 32 heavy (non-hydrogen) atoms. The van der Waals surface area contributed by atoms with Crippen LogP contribution < -0.4 is 4.72 Å². The van der Waals surface area contributed by atoms with Crippen LogP contribution in [0.3, 0.4) is 0 Å². The number of rotatable bonds is 10. The number of nitrogens with one attached hydrogen (secondary N) is 1. The Morgan fingerprint density at radius 2 is 1.44 bits per heavy atom. The van der Waals surface area contributed by atoms with Crippen molar-refractivity contribution in [3.63, 3.8) is 0 Å². The third kappa shape index (κ3) is 6.05. The Morgan fingerprint density at radius 3 is 2.00 bits per heavy atom. The molecule has 1 amide bonds. The van der Waals surface area contributed by atoms with E-state index in [0.717, 1.165) is 36.1 Å². The Bertz CT molecular complexity index is 1110. The molecular weight excluding hydrogens is 420 g/mol. The van der Waals surface area contributed by atoms with Gasteiger partial charge in [-0.3, -0.25) is 4.79 Å². The number of hydrogen-bond acceptors (Lipinski definition) is 3. The fraction of sp³-hybridized carbons (Fsp3) is 0.269. The van der Waals surface area contributed by atoms with Gasteiger partial charge < -0.3 is 4.90 Å². The smallest absolute Gasteiger partial charge is 0.253 e. The van der Waals surface area contributed by atoms with Gasteiger partial charge in [0, 0.05) is 25.2 Å². The molecule has 0 aliphatic heterocycles. The molecule has 1 N–H and O–H groups in total. The highest BCUT2D eigenvalue weighted by molar-refractivity contribution is 7.89. The van der Waals surface area contributed by atoms with Crippen molar-refractivity contribution in [2.75, 3.05) is 13.1 Å². The summed E-state index contributed by atoms with van der Waals surface area (Å²) in [5, 5.41) is 0. The van der Waals surface area contributed by atoms with Crippen LogP contribution in [-0.2, 0) is 16.6 Å². The monoisotopic (exact) mass is 450 g/mol. The van der Waals surface area contributed by atoms with E-state index >= 15 is 0 Å². The number of benzene rings is 3. The van der Waals surface area contributed by atoms with Gasteiger partial charge in [-0.05, 0) is 54.3 Å². The molecule has 0 heterocycles. The number of carbonyl (C=O) groups excluding carboxylic acids is 1. The number of sulfonamides is 1. The molecule has 0 fully saturated rings. The second-order valence-electron chi connectivity index (χ2n) is 7.65. The molecule has 5 nitrogen and oxygen atoms in total. The molecule has 0 aliphatic rings. The summed E-state index contributed by atoms with van der Waals surface area (Å²) < 4.78 is 27.8. The lowest BCUT2D eigenvalue weighted by Crippen LogP contribution is -2.31. The minimum absolute atomic E-state index is 0.0402. The molecule has 168 valence electrons. The van der Waals surface area contributed by atoms with E-state index in [0.29, 0.717) is 12.1 Å². The van der Waals surface area contributed by atoms with Crippen molar-refractivity contribution < 1.29 is 13.2 Å². The zero-order valence-electron chi connectivity index (χ0n) is 18.6. The predicted molar refractivity (Wildman–Crippen MR) is 129 cm³/mol. The summed E-state index contributed by atoms with van der Waals surface area (Å²) in [5.41, 5.74) is 3.39. The van der Waals surface area contributed by atoms with E-state index < -0.39 is 10.0 Å². The van der Waals surface area contributed by atoms with Gasteiger partial charge in [-0.2, -0.15) is 0 Å². The highest BCUT2D eigenvalue weighted by Gasteiger charge is 2.15. The molecule has 3 aromatic rings. The average molecular weight is 451 g/mol. The third-order valence-electron chi connectivity index (χ3n) is 5.39. The van der Waals surface area contributed by atoms with Crippen LogP contribution in [0.1, 0.15) is 42.6 Å². The highest BCUT2D eigenvalue weighted by Crippen LogP contribution is 2.22. The lowest BCUT2D eigenvalue weighted by atomic mass is 10.0. The number of carbonyl (C=O) groups is 1. The van der Waals surface area contributed by atoms with Crippen LogP contribution in [0, 0.1) is 0 Å². The fourth-order valence-electron chi connectivity index (χ4n) is 3.42. The Hall–Kier alpha value is -2.96. The van der Waals surface area contributed by atoms with Gasteiger partial charge in [0.05, 0.1) is 4.90 Å². The number of amides is 1. The molecule has 0 saturated heterocycles. The normalized spacial score (nSPS) is 11.3. The lowest BCUT2D eigenvalue weighted by molar-refractivity contribution is 0.0762. The molecule has 0 aliphatic carbocycles. The Labute approximate surface area is 191 Å². The summed E-state index contributed by atoms with van der Waals surface area (Å²) in [6.07, 6.45) is 2.04. The SMILES string of the molecule is CCCCN(CC)C(=O)c1ccc(-c2ccc(S(=O)(=O)NCc3ccccc3)cc2)cc1. The van der Waals surface area contributed by atoms with Gasteiger partial charge in [-0.25, -0.2) is 13.1 Å². The van der Waals surface area contributed by atoms with Crippen molar-refractivity contribution >= 4 is 15.9 Å². The first-order chi connectivity index (χ1) is 15.4. The fourth-order valence-corrected chi connectivity index (χ4v) is 4.44. The number of nitrogens with zero attached hydrogens (tertiary/aromatic N) is 1. The topological polar surface area (TPSA) is 66.5 Å². The molecular formula is C26H30N2O3S. The van der Waals surface area contributed by atoms with Crippen LogP contribution in [0.4, 0.5) is 0 Å². The van der Waals surface area contributed by atoms with E-state index in [-0.39, 0.29) is 17.3 Å². The van der Waals surface area contributed by atoms with Crippen molar-refractivity contribution in [1.29, 1.82) is 0 Å². The minimum atomic E-state index is -3.60. The zero-order valence-corrected chi connectivity index (χ0v) is 19.4. The van der Waals surface area contributed by atoms with E-state index in [1.807, 2.05) is 66.4 Å². The van der Waals surface area contributed by atoms with Gasteiger partial charge in [-0.15, -0.1) is 0 Å². The maximum atomic E-state index is 12.7. The van der Waals surface area contributed by atoms with Crippen molar-refractivity contribution in [2.24, 2.45) is 0 Å². The number of unbranched alkanes of at least 4 members (excludes halogenated alkanes) is 1. The van der Waals surface area contributed by atoms with Crippen LogP contribution >= 0.6 is 0 Å². The maximum absolute atomic E-state index is 12.7. The summed E-state index contributed by atoms with van der Waals surface area (Å²) in [7, 11) is -3.60. The first-order valence-electron chi connectivity index (χ1n) is 11.0. The van der Waals surface area contributed by atoms with Crippen LogP contribution in [0.2, 0.25) is 0 Å². The summed E-state index contributed by atoms with van der Waals surface area (Å²) in [6.45, 7) is 5.80. The first-order valence-corrected chi connectivity index (χ1v) is 12.5. The molecule has 3 rings (SSSR count). The van der Waals surface area contributed by atoms with Crippen LogP contribution in [0.5, 0.6) is 0 Å². The molecule has 0 bridgehead atoms. The van der Waals surface area contributed by atoms with Gasteiger partial charge in [0.15, 0.2) is 0 Å². The van der Waals surface area contributed by atoms with Crippen molar-refractivity contribution in [3.05, 3.63) is 90.0 Å². The minimum Gasteiger partial charge on any atom is -0.339 e. The second kappa shape index (κ2) is 11.1. The van der Waals surface area contributed by atoms with E-state index in [1.54, 1.807) is 24.3 Å². The largest absolute Gasteiger partial charge is 0.339 e. The molecule has 0 aromatic heterocycles. The van der Waals surface area contributed by atoms with E-state index in [1.165, 1.54) is 0 Å². The van der Waals surface area contributed by atoms with Gasteiger partial charge in [0.2, 0.25) is 10.0 Å². The van der Waals surface area contributed by atoms with E-state index in [9.17, 15) is 13.2 Å². The molecule has 0 radical (unpaired) electrons. The summed E-state index contributed by atoms with van der Waals surface area (Å²) >= 11 is 0. The Balaban J connectivity index is 1.68. The quantitative estimate of drug-likeness (QED) is 0.468. The summed E-state index contributed by atoms with van der Waals surface area (Å²) in [6, 6.07) is 23.6. The molecule has 0 spiro atoms. The lowest BCUT2D eigenvalue weighted by Gasteiger charge is -2.20. The zero-order chi connectivity index (χ0) is 23.0. The first kappa shape index (κ1) is 23.7. The van der Waals surface area contributed by atoms with Crippen molar-refractivity contribution in [1.82, 2.24) is 9.62 Å². The van der Waals surface area contributed by atoms with Crippen molar-refractivity contribution in [3.8, 4) is 11.1 Å². The second-order valence-corrected chi connectivity index (χ2v) is 9.42. The molecule has 0 atom stereocenters. The number of hydrogen-bond donors (Lipinski definition) is 1. The van der Waals surface area contributed by atoms with Crippen LogP contribution in [0.25, 0.3) is 11.1 Å². The molecule has 0 saturated carbocycles. The highest BCUT2D eigenvalue weighted by atomic mass is 32.2. The standard InChI is InChI=1S/C26H30N2O3S/c1-3-5-19-28(4-2)26(29)24-13-11-22(12-14-24)23-15-17-25(18-16-23)32(30,31)27-20-21-9-7-6-8-10-21/h6-18,27H,3-5,19-20H2,1-2H3.